The predicted molar refractivity (Wildman–Crippen MR) is 474 cm³/mol. The maximum absolute atomic E-state index is 8.53. The largest absolute Gasteiger partial charge is 0.497 e. The van der Waals surface area contributed by atoms with Crippen molar-refractivity contribution in [1.82, 2.24) is 115 Å². The van der Waals surface area contributed by atoms with Crippen LogP contribution in [-0.2, 0) is 46.4 Å². The number of aromatic nitrogens is 23. The molecule has 0 aliphatic carbocycles. The van der Waals surface area contributed by atoms with Gasteiger partial charge >= 0.3 is 0 Å². The Morgan fingerprint density at radius 3 is 1.14 bits per heavy atom. The van der Waals surface area contributed by atoms with Crippen LogP contribution in [0.15, 0.2) is 177 Å². The van der Waals surface area contributed by atoms with Gasteiger partial charge < -0.3 is 23.9 Å². The quantitative estimate of drug-likeness (QED) is 0.0737. The molecule has 28 nitrogen and oxygen atoms in total. The zero-order chi connectivity index (χ0) is 85.9. The van der Waals surface area contributed by atoms with E-state index in [-0.39, 0.29) is 21.5 Å². The molecule has 0 aliphatic rings. The van der Waals surface area contributed by atoms with Crippen molar-refractivity contribution in [1.29, 1.82) is 0 Å². The van der Waals surface area contributed by atoms with Crippen molar-refractivity contribution in [3.8, 4) is 74.9 Å². The number of aliphatic hydroxyl groups excluding tert-OH is 1. The number of hydrogen-bond donors (Lipinski definition) is 1. The second-order valence-electron chi connectivity index (χ2n) is 20.7. The summed E-state index contributed by atoms with van der Waals surface area (Å²) >= 11 is 0. The zero-order valence-corrected chi connectivity index (χ0v) is 73.0. The third-order valence-corrected chi connectivity index (χ3v) is 13.3. The lowest BCUT2D eigenvalue weighted by atomic mass is 10.1. The fourth-order valence-electron chi connectivity index (χ4n) is 8.29. The van der Waals surface area contributed by atoms with Crippen LogP contribution in [0.3, 0.4) is 0 Å². The maximum Gasteiger partial charge on any atom is 0.187 e. The molecule has 8 heterocycles. The van der Waals surface area contributed by atoms with Crippen LogP contribution in [-0.4, -0.2) is 141 Å². The van der Waals surface area contributed by atoms with E-state index >= 15 is 0 Å². The highest BCUT2D eigenvalue weighted by molar-refractivity contribution is 5.60. The minimum Gasteiger partial charge on any atom is -0.497 e. The van der Waals surface area contributed by atoms with Crippen LogP contribution in [0.2, 0.25) is 0 Å². The van der Waals surface area contributed by atoms with E-state index in [1.807, 2.05) is 309 Å². The Morgan fingerprint density at radius 1 is 0.435 bits per heavy atom. The molecule has 1 N–H and O–H groups in total. The van der Waals surface area contributed by atoms with Crippen LogP contribution in [0, 0.1) is 46.6 Å². The molecule has 0 saturated carbocycles. The molecule has 0 unspecified atom stereocenters. The maximum atomic E-state index is 8.53. The highest BCUT2D eigenvalue weighted by atomic mass is 16.5. The van der Waals surface area contributed by atoms with Gasteiger partial charge in [0.05, 0.1) is 125 Å². The molecule has 0 atom stereocenters. The Kier molecular flexibility index (Phi) is 68.5. The monoisotopic (exact) mass is 1580 g/mol. The van der Waals surface area contributed by atoms with Gasteiger partial charge in [0.15, 0.2) is 5.69 Å². The smallest absolute Gasteiger partial charge is 0.187 e. The number of methoxy groups -OCH3 is 3. The molecule has 115 heavy (non-hydrogen) atoms. The van der Waals surface area contributed by atoms with E-state index < -0.39 is 0 Å². The molecule has 0 bridgehead atoms. The summed E-state index contributed by atoms with van der Waals surface area (Å²) in [6, 6.07) is 38.9. The number of benzene rings is 5. The van der Waals surface area contributed by atoms with E-state index in [1.165, 1.54) is 5.56 Å². The predicted octanol–water partition coefficient (Wildman–Crippen LogP) is 20.2. The summed E-state index contributed by atoms with van der Waals surface area (Å²) in [6.45, 7) is 60.4. The van der Waals surface area contributed by atoms with Gasteiger partial charge in [0.25, 0.3) is 0 Å². The topological polar surface area (TPSA) is 285 Å². The lowest BCUT2D eigenvalue weighted by Gasteiger charge is -2.02. The van der Waals surface area contributed by atoms with Gasteiger partial charge in [-0.25, -0.2) is 23.9 Å². The summed E-state index contributed by atoms with van der Waals surface area (Å²) < 4.78 is 29.6. The van der Waals surface area contributed by atoms with E-state index in [1.54, 1.807) is 75.1 Å². The Morgan fingerprint density at radius 2 is 0.800 bits per heavy atom. The first kappa shape index (κ1) is 111. The second-order valence-corrected chi connectivity index (χ2v) is 20.7. The number of hydrogen-bond acceptors (Lipinski definition) is 19. The first-order valence-electron chi connectivity index (χ1n) is 38.7. The van der Waals surface area contributed by atoms with Crippen LogP contribution in [0.4, 0.5) is 5.69 Å². The summed E-state index contributed by atoms with van der Waals surface area (Å²) in [4.78, 5) is 7.36. The molecule has 630 valence electrons. The normalized spacial score (nSPS) is 8.83. The van der Waals surface area contributed by atoms with Crippen molar-refractivity contribution in [2.45, 2.75) is 227 Å². The van der Waals surface area contributed by atoms with Crippen molar-refractivity contribution >= 4 is 5.69 Å². The third-order valence-electron chi connectivity index (χ3n) is 13.3. The van der Waals surface area contributed by atoms with E-state index in [0.717, 1.165) is 111 Å². The number of ether oxygens (including phenoxy) is 3. The van der Waals surface area contributed by atoms with Crippen LogP contribution >= 0.6 is 0 Å². The number of aliphatic hydroxyl groups is 1. The van der Waals surface area contributed by atoms with Crippen LogP contribution < -0.4 is 14.2 Å². The van der Waals surface area contributed by atoms with Crippen molar-refractivity contribution in [2.24, 2.45) is 7.05 Å². The number of nitrogens with zero attached hydrogens (tertiary/aromatic N) is 24. The number of terminal acetylenes is 1. The minimum absolute atomic E-state index is 0. The highest BCUT2D eigenvalue weighted by Gasteiger charge is 2.09. The lowest BCUT2D eigenvalue weighted by molar-refractivity contribution is 0.276. The number of imidazole rings is 1. The SMILES string of the molecule is C.C.C#CC.CC.CC.CC.CC.CC.CC.CC.CC.CCn1cc(-c2cccc(C)c2)nn1.CCn1cc(-c2cccc(OC)c2)nn1.CCn1cc(-c2cncn2C)nn1.CCn1cc(CO)nn1.COc1cccc(-n2cc(C)nn2)c1.COc1cccc(-n2cc(C)nn2)c1.[C-]#[N+]c1ccc(Cn2cc(C)nn2)cc1. The molecule has 0 radical (unpaired) electrons. The summed E-state index contributed by atoms with van der Waals surface area (Å²) in [7, 11) is 6.88. The molecule has 0 aliphatic heterocycles. The minimum atomic E-state index is -0.0278. The third kappa shape index (κ3) is 43.4. The van der Waals surface area contributed by atoms with Crippen molar-refractivity contribution < 1.29 is 19.3 Å². The Bertz CT molecular complexity index is 4380. The van der Waals surface area contributed by atoms with Gasteiger partial charge in [-0.15, -0.1) is 48.0 Å². The summed E-state index contributed by atoms with van der Waals surface area (Å²) in [5, 5.41) is 63.8. The summed E-state index contributed by atoms with van der Waals surface area (Å²) in [5.74, 6) is 4.71. The van der Waals surface area contributed by atoms with Gasteiger partial charge in [0.1, 0.15) is 40.0 Å². The molecule has 0 amide bonds. The molecule has 13 aromatic rings. The Balaban J connectivity index is -0.000000395. The van der Waals surface area contributed by atoms with Gasteiger partial charge in [-0.2, -0.15) is 0 Å². The van der Waals surface area contributed by atoms with Crippen molar-refractivity contribution in [3.63, 3.8) is 0 Å². The van der Waals surface area contributed by atoms with E-state index in [0.29, 0.717) is 17.9 Å². The molecule has 0 fully saturated rings. The molecular weight excluding hydrogens is 1450 g/mol. The Hall–Kier alpha value is -12.3. The van der Waals surface area contributed by atoms with Gasteiger partial charge in [-0.1, -0.05) is 234 Å². The molecule has 0 spiro atoms. The van der Waals surface area contributed by atoms with Crippen LogP contribution in [0.1, 0.15) is 194 Å². The standard InChI is InChI=1S/C11H10N4.C11H13N3O.C11H13N3.2C10H11N3O.C8H11N5.C5H9N3O.C3H4.8C2H6.2CH4/c1-9-7-15(14-13-9)8-10-3-5-11(12-2)6-4-10;1-3-14-8-11(12-13-14)9-5-4-6-10(7-9)15-2;1-3-14-8-11(12-13-14)10-6-4-5-9(2)7-10;2*1-8-7-13(12-11-8)9-4-3-5-10(6-9)14-2;1-3-13-5-7(10-11-13)8-4-9-6-12(8)2;1-2-8-3-5(4-9)6-7-8;1-3-2;8*1-2;;/h3-7H,8H2,1H3;4-8H,3H2,1-2H3;4-8H,3H2,1-2H3;2*3-7H,1-2H3;4-6H,3H2,1-2H3;3,9H,2,4H2,1H3;1H,2H3;8*1-2H3;2*1H4. The molecule has 0 saturated heterocycles. The van der Waals surface area contributed by atoms with Gasteiger partial charge in [-0.3, -0.25) is 18.7 Å². The lowest BCUT2D eigenvalue weighted by Crippen LogP contribution is -1.99. The summed E-state index contributed by atoms with van der Waals surface area (Å²) in [5.41, 5.74) is 14.1. The van der Waals surface area contributed by atoms with Crippen molar-refractivity contribution in [3.05, 3.63) is 223 Å². The Labute approximate surface area is 689 Å². The second kappa shape index (κ2) is 70.8. The van der Waals surface area contributed by atoms with Gasteiger partial charge in [-0.05, 0) is 110 Å². The average Bonchev–Trinajstić information content (AvgIpc) is 1.70. The van der Waals surface area contributed by atoms with Crippen LogP contribution in [0.5, 0.6) is 17.2 Å². The van der Waals surface area contributed by atoms with E-state index in [4.69, 9.17) is 25.9 Å². The average molecular weight is 1580 g/mol. The first-order valence-corrected chi connectivity index (χ1v) is 38.7. The summed E-state index contributed by atoms with van der Waals surface area (Å²) in [6.07, 6.45) is 21.3. The first-order chi connectivity index (χ1) is 55.1. The molecule has 8 aromatic heterocycles. The number of rotatable bonds is 15. The fraction of sp³-hybridized carbons (Fsp3) is 0.425. The van der Waals surface area contributed by atoms with E-state index in [2.05, 4.69) is 126 Å². The molecule has 28 heteroatoms. The fourth-order valence-corrected chi connectivity index (χ4v) is 8.29. The van der Waals surface area contributed by atoms with E-state index in [9.17, 15) is 0 Å². The highest BCUT2D eigenvalue weighted by Crippen LogP contribution is 2.23. The molecule has 5 aromatic carbocycles. The van der Waals surface area contributed by atoms with Crippen LogP contribution in [0.25, 0.3) is 50.1 Å². The molecule has 13 rings (SSSR count). The van der Waals surface area contributed by atoms with Gasteiger partial charge in [0, 0.05) is 62.7 Å². The zero-order valence-electron chi connectivity index (χ0n) is 73.0. The van der Waals surface area contributed by atoms with Gasteiger partial charge in [0.2, 0.25) is 0 Å². The number of aryl methyl sites for hydroxylation is 9. The van der Waals surface area contributed by atoms with Crippen molar-refractivity contribution in [2.75, 3.05) is 21.3 Å². The molecular formula is C87H138N24O4.